The third-order valence-electron chi connectivity index (χ3n) is 3.80. The maximum absolute atomic E-state index is 12.3. The van der Waals surface area contributed by atoms with Crippen LogP contribution in [-0.4, -0.2) is 25.5 Å². The SMILES string of the molecule is COCC(C)C1CC(=O)NC(=O)C1c1ccccc1Br. The molecule has 1 aromatic carbocycles. The van der Waals surface area contributed by atoms with E-state index in [-0.39, 0.29) is 29.6 Å². The van der Waals surface area contributed by atoms with E-state index in [1.54, 1.807) is 7.11 Å². The van der Waals surface area contributed by atoms with E-state index >= 15 is 0 Å². The van der Waals surface area contributed by atoms with E-state index in [0.717, 1.165) is 10.0 Å². The minimum Gasteiger partial charge on any atom is -0.384 e. The van der Waals surface area contributed by atoms with Gasteiger partial charge in [0.1, 0.15) is 0 Å². The van der Waals surface area contributed by atoms with E-state index < -0.39 is 0 Å². The van der Waals surface area contributed by atoms with E-state index in [2.05, 4.69) is 21.2 Å². The Morgan fingerprint density at radius 1 is 1.40 bits per heavy atom. The van der Waals surface area contributed by atoms with E-state index in [1.807, 2.05) is 31.2 Å². The molecule has 1 heterocycles. The zero-order valence-electron chi connectivity index (χ0n) is 11.6. The number of amides is 2. The van der Waals surface area contributed by atoms with Crippen LogP contribution in [0.2, 0.25) is 0 Å². The molecular weight excluding hydrogens is 322 g/mol. The quantitative estimate of drug-likeness (QED) is 0.857. The monoisotopic (exact) mass is 339 g/mol. The molecule has 1 saturated heterocycles. The molecule has 0 aliphatic carbocycles. The van der Waals surface area contributed by atoms with Crippen molar-refractivity contribution in [1.82, 2.24) is 5.32 Å². The van der Waals surface area contributed by atoms with Crippen molar-refractivity contribution in [2.45, 2.75) is 19.3 Å². The van der Waals surface area contributed by atoms with Crippen molar-refractivity contribution in [2.75, 3.05) is 13.7 Å². The standard InChI is InChI=1S/C15H18BrNO3/c1-9(8-20-2)11-7-13(18)17-15(19)14(11)10-5-3-4-6-12(10)16/h3-6,9,11,14H,7-8H2,1-2H3,(H,17,18,19). The number of carbonyl (C=O) groups is 2. The van der Waals surface area contributed by atoms with Crippen LogP contribution in [0.3, 0.4) is 0 Å². The Balaban J connectivity index is 2.37. The molecule has 1 aromatic rings. The van der Waals surface area contributed by atoms with Crippen LogP contribution in [0.15, 0.2) is 28.7 Å². The Morgan fingerprint density at radius 2 is 2.10 bits per heavy atom. The van der Waals surface area contributed by atoms with Crippen molar-refractivity contribution >= 4 is 27.7 Å². The molecule has 108 valence electrons. The average Bonchev–Trinajstić information content (AvgIpc) is 2.39. The lowest BCUT2D eigenvalue weighted by molar-refractivity contribution is -0.137. The predicted molar refractivity (Wildman–Crippen MR) is 79.2 cm³/mol. The van der Waals surface area contributed by atoms with Crippen LogP contribution < -0.4 is 5.32 Å². The summed E-state index contributed by atoms with van der Waals surface area (Å²) in [6.07, 6.45) is 0.349. The van der Waals surface area contributed by atoms with Gasteiger partial charge in [0.2, 0.25) is 11.8 Å². The topological polar surface area (TPSA) is 55.4 Å². The van der Waals surface area contributed by atoms with Crippen LogP contribution in [0.25, 0.3) is 0 Å². The first-order valence-electron chi connectivity index (χ1n) is 6.61. The second-order valence-electron chi connectivity index (χ2n) is 5.21. The lowest BCUT2D eigenvalue weighted by atomic mass is 9.74. The van der Waals surface area contributed by atoms with Gasteiger partial charge in [0, 0.05) is 24.6 Å². The Kier molecular flexibility index (Phi) is 4.94. The number of methoxy groups -OCH3 is 1. The summed E-state index contributed by atoms with van der Waals surface area (Å²) >= 11 is 3.49. The fourth-order valence-corrected chi connectivity index (χ4v) is 3.34. The molecule has 5 heteroatoms. The number of benzene rings is 1. The van der Waals surface area contributed by atoms with Crippen molar-refractivity contribution in [1.29, 1.82) is 0 Å². The van der Waals surface area contributed by atoms with Gasteiger partial charge in [-0.05, 0) is 23.5 Å². The van der Waals surface area contributed by atoms with Gasteiger partial charge in [-0.1, -0.05) is 41.1 Å². The number of nitrogens with one attached hydrogen (secondary N) is 1. The molecule has 0 aromatic heterocycles. The van der Waals surface area contributed by atoms with E-state index in [1.165, 1.54) is 0 Å². The van der Waals surface area contributed by atoms with Crippen molar-refractivity contribution in [2.24, 2.45) is 11.8 Å². The highest BCUT2D eigenvalue weighted by atomic mass is 79.9. The van der Waals surface area contributed by atoms with Crippen LogP contribution in [0.1, 0.15) is 24.8 Å². The smallest absolute Gasteiger partial charge is 0.234 e. The molecule has 20 heavy (non-hydrogen) atoms. The summed E-state index contributed by atoms with van der Waals surface area (Å²) in [6, 6.07) is 7.66. The average molecular weight is 340 g/mol. The number of imide groups is 1. The van der Waals surface area contributed by atoms with Crippen LogP contribution >= 0.6 is 15.9 Å². The minimum atomic E-state index is -0.326. The predicted octanol–water partition coefficient (Wildman–Crippen LogP) is 2.48. The summed E-state index contributed by atoms with van der Waals surface area (Å²) in [5.74, 6) is -0.664. The van der Waals surface area contributed by atoms with Crippen molar-refractivity contribution in [3.8, 4) is 0 Å². The summed E-state index contributed by atoms with van der Waals surface area (Å²) in [5, 5.41) is 2.44. The Bertz CT molecular complexity index is 518. The number of piperidine rings is 1. The zero-order valence-corrected chi connectivity index (χ0v) is 13.1. The molecule has 4 nitrogen and oxygen atoms in total. The Labute approximate surface area is 127 Å². The number of halogens is 1. The molecule has 2 rings (SSSR count). The molecule has 0 bridgehead atoms. The summed E-state index contributed by atoms with van der Waals surface area (Å²) in [7, 11) is 1.63. The van der Waals surface area contributed by atoms with Crippen molar-refractivity contribution < 1.29 is 14.3 Å². The van der Waals surface area contributed by atoms with Crippen LogP contribution in [0.5, 0.6) is 0 Å². The molecule has 3 atom stereocenters. The number of carbonyl (C=O) groups excluding carboxylic acids is 2. The fraction of sp³-hybridized carbons (Fsp3) is 0.467. The number of ether oxygens (including phenoxy) is 1. The summed E-state index contributed by atoms with van der Waals surface area (Å²) in [5.41, 5.74) is 0.922. The Morgan fingerprint density at radius 3 is 2.75 bits per heavy atom. The van der Waals surface area contributed by atoms with Gasteiger partial charge < -0.3 is 4.74 Å². The Hall–Kier alpha value is -1.20. The van der Waals surface area contributed by atoms with Gasteiger partial charge in [0.15, 0.2) is 0 Å². The van der Waals surface area contributed by atoms with E-state index in [0.29, 0.717) is 13.0 Å². The van der Waals surface area contributed by atoms with E-state index in [4.69, 9.17) is 4.74 Å². The molecule has 1 aliphatic rings. The zero-order chi connectivity index (χ0) is 14.7. The number of hydrogen-bond acceptors (Lipinski definition) is 3. The van der Waals surface area contributed by atoms with Gasteiger partial charge in [-0.2, -0.15) is 0 Å². The largest absolute Gasteiger partial charge is 0.384 e. The lowest BCUT2D eigenvalue weighted by Crippen LogP contribution is -2.46. The van der Waals surface area contributed by atoms with Gasteiger partial charge in [0.05, 0.1) is 5.92 Å². The van der Waals surface area contributed by atoms with Crippen molar-refractivity contribution in [3.05, 3.63) is 34.3 Å². The molecule has 0 radical (unpaired) electrons. The third kappa shape index (κ3) is 3.10. The van der Waals surface area contributed by atoms with Gasteiger partial charge in [-0.3, -0.25) is 14.9 Å². The minimum absolute atomic E-state index is 0.0464. The number of rotatable bonds is 4. The highest BCUT2D eigenvalue weighted by Gasteiger charge is 2.40. The van der Waals surface area contributed by atoms with Crippen LogP contribution in [0, 0.1) is 11.8 Å². The van der Waals surface area contributed by atoms with Crippen molar-refractivity contribution in [3.63, 3.8) is 0 Å². The lowest BCUT2D eigenvalue weighted by Gasteiger charge is -2.34. The first-order valence-corrected chi connectivity index (χ1v) is 7.41. The fourth-order valence-electron chi connectivity index (χ4n) is 2.81. The first-order chi connectivity index (χ1) is 9.54. The van der Waals surface area contributed by atoms with E-state index in [9.17, 15) is 9.59 Å². The third-order valence-corrected chi connectivity index (χ3v) is 4.52. The summed E-state index contributed by atoms with van der Waals surface area (Å²) in [6.45, 7) is 2.55. The van der Waals surface area contributed by atoms with Crippen LogP contribution in [0.4, 0.5) is 0 Å². The second-order valence-corrected chi connectivity index (χ2v) is 6.07. The maximum atomic E-state index is 12.3. The molecular formula is C15H18BrNO3. The maximum Gasteiger partial charge on any atom is 0.234 e. The summed E-state index contributed by atoms with van der Waals surface area (Å²) in [4.78, 5) is 24.0. The molecule has 0 spiro atoms. The van der Waals surface area contributed by atoms with Gasteiger partial charge in [-0.15, -0.1) is 0 Å². The molecule has 1 fully saturated rings. The van der Waals surface area contributed by atoms with Gasteiger partial charge in [0.25, 0.3) is 0 Å². The van der Waals surface area contributed by atoms with Gasteiger partial charge >= 0.3 is 0 Å². The number of hydrogen-bond donors (Lipinski definition) is 1. The van der Waals surface area contributed by atoms with Gasteiger partial charge in [-0.25, -0.2) is 0 Å². The molecule has 1 N–H and O–H groups in total. The first kappa shape index (κ1) is 15.2. The summed E-state index contributed by atoms with van der Waals surface area (Å²) < 4.78 is 6.08. The highest BCUT2D eigenvalue weighted by Crippen LogP contribution is 2.38. The molecule has 2 amide bonds. The molecule has 1 aliphatic heterocycles. The van der Waals surface area contributed by atoms with Crippen LogP contribution in [-0.2, 0) is 14.3 Å². The molecule has 0 saturated carbocycles. The highest BCUT2D eigenvalue weighted by molar-refractivity contribution is 9.10. The molecule has 3 unspecified atom stereocenters. The normalized spacial score (nSPS) is 24.4. The second kappa shape index (κ2) is 6.50.